The molecule has 1 amide bonds. The molecule has 1 N–H and O–H groups in total. The van der Waals surface area contributed by atoms with E-state index in [1.54, 1.807) is 13.3 Å². The van der Waals surface area contributed by atoms with Crippen LogP contribution in [0.4, 0.5) is 5.69 Å². The molecule has 0 saturated carbocycles. The molecule has 3 rings (SSSR count). The highest BCUT2D eigenvalue weighted by molar-refractivity contribution is 5.95. The Morgan fingerprint density at radius 2 is 1.95 bits per heavy atom. The van der Waals surface area contributed by atoms with Gasteiger partial charge in [-0.05, 0) is 23.8 Å². The van der Waals surface area contributed by atoms with Gasteiger partial charge in [-0.15, -0.1) is 0 Å². The molecule has 1 aromatic heterocycles. The van der Waals surface area contributed by atoms with Crippen molar-refractivity contribution in [1.29, 1.82) is 0 Å². The van der Waals surface area contributed by atoms with Gasteiger partial charge in [-0.1, -0.05) is 30.3 Å². The van der Waals surface area contributed by atoms with E-state index < -0.39 is 0 Å². The zero-order chi connectivity index (χ0) is 15.5. The number of amides is 1. The van der Waals surface area contributed by atoms with Crippen molar-refractivity contribution in [2.45, 2.75) is 6.92 Å². The van der Waals surface area contributed by atoms with Crippen molar-refractivity contribution in [2.75, 3.05) is 12.4 Å². The number of nitrogens with zero attached hydrogens (tertiary/aromatic N) is 1. The van der Waals surface area contributed by atoms with Gasteiger partial charge in [0.15, 0.2) is 0 Å². The first kappa shape index (κ1) is 14.1. The highest BCUT2D eigenvalue weighted by Gasteiger charge is 2.09. The lowest BCUT2D eigenvalue weighted by Gasteiger charge is -2.12. The average molecular weight is 292 g/mol. The predicted molar refractivity (Wildman–Crippen MR) is 88.0 cm³/mol. The molecule has 4 nitrogen and oxygen atoms in total. The number of methoxy groups -OCH3 is 1. The molecular formula is C18H16N2O2. The van der Waals surface area contributed by atoms with Gasteiger partial charge in [-0.3, -0.25) is 9.78 Å². The lowest BCUT2D eigenvalue weighted by Crippen LogP contribution is -2.07. The van der Waals surface area contributed by atoms with E-state index in [1.165, 1.54) is 6.92 Å². The second kappa shape index (κ2) is 5.85. The molecule has 22 heavy (non-hydrogen) atoms. The van der Waals surface area contributed by atoms with Crippen molar-refractivity contribution in [3.63, 3.8) is 0 Å². The second-order valence-corrected chi connectivity index (χ2v) is 4.98. The molecule has 0 bridgehead atoms. The largest absolute Gasteiger partial charge is 0.495 e. The van der Waals surface area contributed by atoms with Crippen LogP contribution in [-0.4, -0.2) is 18.0 Å². The lowest BCUT2D eigenvalue weighted by molar-refractivity contribution is -0.114. The molecule has 4 heteroatoms. The zero-order valence-electron chi connectivity index (χ0n) is 12.5. The number of pyridine rings is 1. The van der Waals surface area contributed by atoms with Crippen molar-refractivity contribution >= 4 is 22.5 Å². The maximum atomic E-state index is 11.2. The van der Waals surface area contributed by atoms with Crippen molar-refractivity contribution in [1.82, 2.24) is 4.98 Å². The molecule has 3 aromatic rings. The maximum Gasteiger partial charge on any atom is 0.221 e. The van der Waals surface area contributed by atoms with Crippen LogP contribution in [0.1, 0.15) is 6.92 Å². The Bertz CT molecular complexity index is 838. The fourth-order valence-electron chi connectivity index (χ4n) is 2.49. The minimum Gasteiger partial charge on any atom is -0.495 e. The number of anilines is 1. The summed E-state index contributed by atoms with van der Waals surface area (Å²) in [6, 6.07) is 15.7. The van der Waals surface area contributed by atoms with Crippen LogP contribution < -0.4 is 10.1 Å². The van der Waals surface area contributed by atoms with E-state index in [0.717, 1.165) is 22.0 Å². The van der Waals surface area contributed by atoms with E-state index in [2.05, 4.69) is 10.3 Å². The topological polar surface area (TPSA) is 51.2 Å². The summed E-state index contributed by atoms with van der Waals surface area (Å²) in [6.45, 7) is 1.47. The van der Waals surface area contributed by atoms with Crippen LogP contribution in [0.2, 0.25) is 0 Å². The number of rotatable bonds is 3. The minimum absolute atomic E-state index is 0.127. The van der Waals surface area contributed by atoms with Gasteiger partial charge in [0.25, 0.3) is 0 Å². The highest BCUT2D eigenvalue weighted by atomic mass is 16.5. The van der Waals surface area contributed by atoms with Gasteiger partial charge in [0.2, 0.25) is 5.91 Å². The number of para-hydroxylation sites is 1. The molecule has 0 aliphatic heterocycles. The minimum atomic E-state index is -0.127. The Balaban J connectivity index is 2.13. The molecule has 2 aromatic carbocycles. The quantitative estimate of drug-likeness (QED) is 0.797. The molecule has 0 radical (unpaired) electrons. The first-order chi connectivity index (χ1) is 10.7. The number of carbonyl (C=O) groups excluding carboxylic acids is 1. The molecular weight excluding hydrogens is 276 g/mol. The predicted octanol–water partition coefficient (Wildman–Crippen LogP) is 3.87. The summed E-state index contributed by atoms with van der Waals surface area (Å²) in [7, 11) is 1.59. The Labute approximate surface area is 128 Å². The summed E-state index contributed by atoms with van der Waals surface area (Å²) in [4.78, 5) is 15.7. The number of hydrogen-bond donors (Lipinski definition) is 1. The van der Waals surface area contributed by atoms with Gasteiger partial charge in [0, 0.05) is 24.1 Å². The average Bonchev–Trinajstić information content (AvgIpc) is 2.54. The number of carbonyl (C=O) groups is 1. The van der Waals surface area contributed by atoms with Gasteiger partial charge in [-0.25, -0.2) is 0 Å². The normalized spacial score (nSPS) is 10.5. The monoisotopic (exact) mass is 292 g/mol. The van der Waals surface area contributed by atoms with Crippen molar-refractivity contribution < 1.29 is 9.53 Å². The van der Waals surface area contributed by atoms with E-state index >= 15 is 0 Å². The Kier molecular flexibility index (Phi) is 3.74. The van der Waals surface area contributed by atoms with Gasteiger partial charge in [0.05, 0.1) is 18.3 Å². The van der Waals surface area contributed by atoms with Crippen LogP contribution in [0.3, 0.4) is 0 Å². The lowest BCUT2D eigenvalue weighted by atomic mass is 10.0. The molecule has 0 saturated heterocycles. The van der Waals surface area contributed by atoms with E-state index in [1.807, 2.05) is 48.5 Å². The fraction of sp³-hybridized carbons (Fsp3) is 0.111. The van der Waals surface area contributed by atoms with Gasteiger partial charge in [0.1, 0.15) is 5.75 Å². The highest BCUT2D eigenvalue weighted by Crippen LogP contribution is 2.33. The summed E-state index contributed by atoms with van der Waals surface area (Å²) in [5.74, 6) is 0.499. The third kappa shape index (κ3) is 2.63. The van der Waals surface area contributed by atoms with E-state index in [9.17, 15) is 4.79 Å². The zero-order valence-corrected chi connectivity index (χ0v) is 12.5. The van der Waals surface area contributed by atoms with Gasteiger partial charge in [-0.2, -0.15) is 0 Å². The molecule has 0 unspecified atom stereocenters. The van der Waals surface area contributed by atoms with Crippen LogP contribution in [0.25, 0.3) is 22.0 Å². The molecule has 0 atom stereocenters. The van der Waals surface area contributed by atoms with E-state index in [4.69, 9.17) is 4.74 Å². The maximum absolute atomic E-state index is 11.2. The van der Waals surface area contributed by atoms with Crippen molar-refractivity contribution in [2.24, 2.45) is 0 Å². The molecule has 0 aliphatic carbocycles. The first-order valence-electron chi connectivity index (χ1n) is 6.99. The molecule has 0 aliphatic rings. The number of hydrogen-bond acceptors (Lipinski definition) is 3. The summed E-state index contributed by atoms with van der Waals surface area (Å²) < 4.78 is 5.39. The Morgan fingerprint density at radius 1 is 1.14 bits per heavy atom. The summed E-state index contributed by atoms with van der Waals surface area (Å²) >= 11 is 0. The van der Waals surface area contributed by atoms with Crippen LogP contribution in [0, 0.1) is 0 Å². The van der Waals surface area contributed by atoms with Crippen LogP contribution in [0.5, 0.6) is 5.75 Å². The molecule has 110 valence electrons. The van der Waals surface area contributed by atoms with E-state index in [-0.39, 0.29) is 5.91 Å². The standard InChI is InChI=1S/C18H16N2O2/c1-12(21)20-16-9-8-14(11-17(16)22-2)15-7-3-5-13-6-4-10-19-18(13)15/h3-11H,1-2H3,(H,20,21). The number of nitrogens with one attached hydrogen (secondary N) is 1. The summed E-state index contributed by atoms with van der Waals surface area (Å²) in [6.07, 6.45) is 1.79. The van der Waals surface area contributed by atoms with E-state index in [0.29, 0.717) is 11.4 Å². The number of benzene rings is 2. The molecule has 0 spiro atoms. The third-order valence-corrected chi connectivity index (χ3v) is 3.46. The second-order valence-electron chi connectivity index (χ2n) is 4.98. The third-order valence-electron chi connectivity index (χ3n) is 3.46. The van der Waals surface area contributed by atoms with Crippen LogP contribution >= 0.6 is 0 Å². The molecule has 0 fully saturated rings. The number of fused-ring (bicyclic) bond motifs is 1. The van der Waals surface area contributed by atoms with Crippen molar-refractivity contribution in [3.05, 3.63) is 54.7 Å². The fourth-order valence-corrected chi connectivity index (χ4v) is 2.49. The Hall–Kier alpha value is -2.88. The SMILES string of the molecule is COc1cc(-c2cccc3cccnc23)ccc1NC(C)=O. The summed E-state index contributed by atoms with van der Waals surface area (Å²) in [5, 5.41) is 3.85. The van der Waals surface area contributed by atoms with Crippen LogP contribution in [0.15, 0.2) is 54.7 Å². The smallest absolute Gasteiger partial charge is 0.221 e. The van der Waals surface area contributed by atoms with Gasteiger partial charge < -0.3 is 10.1 Å². The first-order valence-corrected chi connectivity index (χ1v) is 6.99. The van der Waals surface area contributed by atoms with Gasteiger partial charge >= 0.3 is 0 Å². The Morgan fingerprint density at radius 3 is 2.73 bits per heavy atom. The molecule has 1 heterocycles. The van der Waals surface area contributed by atoms with Crippen LogP contribution in [-0.2, 0) is 4.79 Å². The summed E-state index contributed by atoms with van der Waals surface area (Å²) in [5.41, 5.74) is 3.63. The number of aromatic nitrogens is 1. The number of ether oxygens (including phenoxy) is 1. The van der Waals surface area contributed by atoms with Crippen molar-refractivity contribution in [3.8, 4) is 16.9 Å².